The van der Waals surface area contributed by atoms with E-state index in [0.29, 0.717) is 12.5 Å². The van der Waals surface area contributed by atoms with Gasteiger partial charge in [0.25, 0.3) is 5.69 Å². The highest BCUT2D eigenvalue weighted by molar-refractivity contribution is 5.44. The van der Waals surface area contributed by atoms with E-state index < -0.39 is 22.4 Å². The van der Waals surface area contributed by atoms with Crippen LogP contribution in [0.25, 0.3) is 0 Å². The van der Waals surface area contributed by atoms with Crippen molar-refractivity contribution in [3.63, 3.8) is 0 Å². The van der Waals surface area contributed by atoms with Crippen LogP contribution in [0.2, 0.25) is 0 Å². The van der Waals surface area contributed by atoms with Gasteiger partial charge in [-0.25, -0.2) is 0 Å². The molecule has 1 atom stereocenters. The first-order chi connectivity index (χ1) is 9.27. The SMILES string of the molecule is CN1CCCC1Oc1cc([N+](=O)[O-])cc(C(F)(F)F)c1. The number of benzene rings is 1. The molecule has 1 aliphatic heterocycles. The minimum absolute atomic E-state index is 0.134. The van der Waals surface area contributed by atoms with E-state index >= 15 is 0 Å². The quantitative estimate of drug-likeness (QED) is 0.634. The normalized spacial score (nSPS) is 20.1. The Labute approximate surface area is 113 Å². The predicted molar refractivity (Wildman–Crippen MR) is 64.4 cm³/mol. The molecule has 1 unspecified atom stereocenters. The lowest BCUT2D eigenvalue weighted by Crippen LogP contribution is -2.30. The number of nitro benzene ring substituents is 1. The van der Waals surface area contributed by atoms with E-state index in [0.717, 1.165) is 25.1 Å². The Morgan fingerprint density at radius 2 is 2.10 bits per heavy atom. The lowest BCUT2D eigenvalue weighted by molar-refractivity contribution is -0.385. The van der Waals surface area contributed by atoms with Crippen molar-refractivity contribution in [2.75, 3.05) is 13.6 Å². The van der Waals surface area contributed by atoms with Crippen LogP contribution in [0.1, 0.15) is 18.4 Å². The summed E-state index contributed by atoms with van der Waals surface area (Å²) in [5.74, 6) is -0.134. The fraction of sp³-hybridized carbons (Fsp3) is 0.500. The van der Waals surface area contributed by atoms with Crippen molar-refractivity contribution < 1.29 is 22.8 Å². The van der Waals surface area contributed by atoms with Gasteiger partial charge in [0.1, 0.15) is 5.75 Å². The second kappa shape index (κ2) is 5.28. The molecule has 0 N–H and O–H groups in total. The summed E-state index contributed by atoms with van der Waals surface area (Å²) < 4.78 is 43.6. The van der Waals surface area contributed by atoms with Crippen LogP contribution < -0.4 is 4.74 Å². The Bertz CT molecular complexity index is 519. The van der Waals surface area contributed by atoms with Crippen molar-refractivity contribution in [1.29, 1.82) is 0 Å². The minimum Gasteiger partial charge on any atom is -0.475 e. The molecule has 0 aromatic heterocycles. The smallest absolute Gasteiger partial charge is 0.416 e. The van der Waals surface area contributed by atoms with E-state index in [2.05, 4.69) is 0 Å². The fourth-order valence-electron chi connectivity index (χ4n) is 2.11. The lowest BCUT2D eigenvalue weighted by atomic mass is 10.2. The maximum absolute atomic E-state index is 12.7. The topological polar surface area (TPSA) is 55.6 Å². The highest BCUT2D eigenvalue weighted by Gasteiger charge is 2.33. The second-order valence-corrected chi connectivity index (χ2v) is 4.67. The molecule has 110 valence electrons. The Balaban J connectivity index is 2.32. The van der Waals surface area contributed by atoms with Gasteiger partial charge >= 0.3 is 6.18 Å². The van der Waals surface area contributed by atoms with Crippen molar-refractivity contribution >= 4 is 5.69 Å². The Morgan fingerprint density at radius 1 is 1.40 bits per heavy atom. The van der Waals surface area contributed by atoms with Gasteiger partial charge in [-0.2, -0.15) is 13.2 Å². The summed E-state index contributed by atoms with van der Waals surface area (Å²) in [4.78, 5) is 11.7. The number of alkyl halides is 3. The standard InChI is InChI=1S/C12H13F3N2O3/c1-16-4-2-3-11(16)20-10-6-8(12(13,14)15)5-9(7-10)17(18)19/h5-7,11H,2-4H2,1H3. The Morgan fingerprint density at radius 3 is 2.60 bits per heavy atom. The molecule has 0 bridgehead atoms. The molecule has 2 rings (SSSR count). The average molecular weight is 290 g/mol. The number of nitro groups is 1. The van der Waals surface area contributed by atoms with E-state index in [9.17, 15) is 23.3 Å². The van der Waals surface area contributed by atoms with E-state index in [1.54, 1.807) is 7.05 Å². The van der Waals surface area contributed by atoms with Crippen LogP contribution in [0.15, 0.2) is 18.2 Å². The number of non-ortho nitro benzene ring substituents is 1. The molecule has 0 radical (unpaired) electrons. The van der Waals surface area contributed by atoms with Crippen LogP contribution in [-0.4, -0.2) is 29.6 Å². The van der Waals surface area contributed by atoms with Gasteiger partial charge in [-0.05, 0) is 26.0 Å². The van der Waals surface area contributed by atoms with Crippen LogP contribution >= 0.6 is 0 Å². The van der Waals surface area contributed by atoms with Crippen LogP contribution in [-0.2, 0) is 6.18 Å². The summed E-state index contributed by atoms with van der Waals surface area (Å²) in [7, 11) is 1.79. The minimum atomic E-state index is -4.65. The largest absolute Gasteiger partial charge is 0.475 e. The summed E-state index contributed by atoms with van der Waals surface area (Å²) >= 11 is 0. The molecule has 8 heteroatoms. The zero-order chi connectivity index (χ0) is 14.9. The molecule has 0 amide bonds. The van der Waals surface area contributed by atoms with Gasteiger partial charge in [0.2, 0.25) is 0 Å². The Hall–Kier alpha value is -1.83. The summed E-state index contributed by atoms with van der Waals surface area (Å²) in [6.45, 7) is 0.783. The van der Waals surface area contributed by atoms with Gasteiger partial charge in [-0.1, -0.05) is 0 Å². The van der Waals surface area contributed by atoms with Gasteiger partial charge in [0.15, 0.2) is 6.23 Å². The molecule has 0 aliphatic carbocycles. The van der Waals surface area contributed by atoms with Gasteiger partial charge in [-0.15, -0.1) is 0 Å². The first kappa shape index (κ1) is 14.6. The molecule has 0 saturated carbocycles. The summed E-state index contributed by atoms with van der Waals surface area (Å²) in [5.41, 5.74) is -1.71. The third kappa shape index (κ3) is 3.19. The molecular weight excluding hydrogens is 277 g/mol. The highest BCUT2D eigenvalue weighted by atomic mass is 19.4. The van der Waals surface area contributed by atoms with Gasteiger partial charge in [-0.3, -0.25) is 15.0 Å². The first-order valence-corrected chi connectivity index (χ1v) is 6.01. The maximum Gasteiger partial charge on any atom is 0.416 e. The number of ether oxygens (including phenoxy) is 1. The Kier molecular flexibility index (Phi) is 3.85. The molecule has 20 heavy (non-hydrogen) atoms. The zero-order valence-electron chi connectivity index (χ0n) is 10.7. The number of hydrogen-bond acceptors (Lipinski definition) is 4. The molecule has 1 heterocycles. The molecule has 5 nitrogen and oxygen atoms in total. The molecule has 1 saturated heterocycles. The first-order valence-electron chi connectivity index (χ1n) is 6.01. The second-order valence-electron chi connectivity index (χ2n) is 4.67. The molecule has 1 aliphatic rings. The number of hydrogen-bond donors (Lipinski definition) is 0. The van der Waals surface area contributed by atoms with Crippen molar-refractivity contribution in [3.8, 4) is 5.75 Å². The molecule has 1 fully saturated rings. The maximum atomic E-state index is 12.7. The third-order valence-electron chi connectivity index (χ3n) is 3.16. The number of rotatable bonds is 3. The molecule has 1 aromatic carbocycles. The predicted octanol–water partition coefficient (Wildman–Crippen LogP) is 3.04. The summed E-state index contributed by atoms with van der Waals surface area (Å²) in [6.07, 6.45) is -3.44. The third-order valence-corrected chi connectivity index (χ3v) is 3.16. The van der Waals surface area contributed by atoms with Gasteiger partial charge in [0, 0.05) is 12.6 Å². The summed E-state index contributed by atoms with van der Waals surface area (Å²) in [5, 5.41) is 10.7. The number of likely N-dealkylation sites (tertiary alicyclic amines) is 1. The van der Waals surface area contributed by atoms with Crippen molar-refractivity contribution in [2.45, 2.75) is 25.2 Å². The van der Waals surface area contributed by atoms with Crippen molar-refractivity contribution in [1.82, 2.24) is 4.90 Å². The summed E-state index contributed by atoms with van der Waals surface area (Å²) in [6, 6.07) is 2.31. The lowest BCUT2D eigenvalue weighted by Gasteiger charge is -2.21. The highest BCUT2D eigenvalue weighted by Crippen LogP contribution is 2.35. The number of halogens is 3. The van der Waals surface area contributed by atoms with E-state index in [-0.39, 0.29) is 12.0 Å². The molecule has 1 aromatic rings. The average Bonchev–Trinajstić information content (AvgIpc) is 2.73. The van der Waals surface area contributed by atoms with E-state index in [1.165, 1.54) is 0 Å². The van der Waals surface area contributed by atoms with Crippen LogP contribution in [0, 0.1) is 10.1 Å². The molecular formula is C12H13F3N2O3. The van der Waals surface area contributed by atoms with E-state index in [1.807, 2.05) is 4.90 Å². The molecule has 0 spiro atoms. The monoisotopic (exact) mass is 290 g/mol. The van der Waals surface area contributed by atoms with Crippen molar-refractivity contribution in [3.05, 3.63) is 33.9 Å². The van der Waals surface area contributed by atoms with E-state index in [4.69, 9.17) is 4.74 Å². The van der Waals surface area contributed by atoms with Crippen molar-refractivity contribution in [2.24, 2.45) is 0 Å². The van der Waals surface area contributed by atoms with Gasteiger partial charge < -0.3 is 4.74 Å². The van der Waals surface area contributed by atoms with Gasteiger partial charge in [0.05, 0.1) is 16.6 Å². The fourth-order valence-corrected chi connectivity index (χ4v) is 2.11. The van der Waals surface area contributed by atoms with Crippen LogP contribution in [0.4, 0.5) is 18.9 Å². The zero-order valence-corrected chi connectivity index (χ0v) is 10.7. The van der Waals surface area contributed by atoms with Crippen LogP contribution in [0.5, 0.6) is 5.75 Å². The van der Waals surface area contributed by atoms with Crippen LogP contribution in [0.3, 0.4) is 0 Å². The number of nitrogens with zero attached hydrogens (tertiary/aromatic N) is 2.